The minimum atomic E-state index is -4.14. The van der Waals surface area contributed by atoms with Crippen molar-refractivity contribution in [2.75, 3.05) is 5.73 Å². The van der Waals surface area contributed by atoms with Crippen LogP contribution in [-0.4, -0.2) is 24.2 Å². The predicted molar refractivity (Wildman–Crippen MR) is 67.0 cm³/mol. The summed E-state index contributed by atoms with van der Waals surface area (Å²) < 4.78 is 53.5. The second-order valence-electron chi connectivity index (χ2n) is 3.95. The maximum Gasteiger partial charge on any atom is 0.388 e. The van der Waals surface area contributed by atoms with Crippen LogP contribution in [0, 0.1) is 6.92 Å². The lowest BCUT2D eigenvalue weighted by Crippen LogP contribution is -2.18. The van der Waals surface area contributed by atoms with Crippen molar-refractivity contribution >= 4 is 15.8 Å². The molecule has 0 radical (unpaired) electrons. The van der Waals surface area contributed by atoms with Crippen LogP contribution in [0.1, 0.15) is 5.56 Å². The van der Waals surface area contributed by atoms with Crippen molar-refractivity contribution in [1.29, 1.82) is 0 Å². The van der Waals surface area contributed by atoms with E-state index in [4.69, 9.17) is 5.73 Å². The molecule has 2 rings (SSSR count). The summed E-state index contributed by atoms with van der Waals surface area (Å²) >= 11 is 0. The first-order chi connectivity index (χ1) is 9.30. The molecule has 0 amide bonds. The molecule has 0 saturated heterocycles. The molecule has 6 nitrogen and oxygen atoms in total. The Kier molecular flexibility index (Phi) is 3.62. The van der Waals surface area contributed by atoms with Crippen molar-refractivity contribution in [2.45, 2.75) is 18.4 Å². The van der Waals surface area contributed by atoms with E-state index >= 15 is 0 Å². The molecule has 1 aromatic carbocycles. The Balaban J connectivity index is 2.51. The van der Waals surface area contributed by atoms with Gasteiger partial charge < -0.3 is 10.5 Å². The van der Waals surface area contributed by atoms with Crippen molar-refractivity contribution in [3.63, 3.8) is 0 Å². The van der Waals surface area contributed by atoms with Gasteiger partial charge in [0.05, 0.1) is 4.90 Å². The number of nitrogens with two attached hydrogens (primary N) is 1. The van der Waals surface area contributed by atoms with Gasteiger partial charge in [-0.15, -0.1) is 9.19 Å². The molecule has 108 valence electrons. The first-order valence-electron chi connectivity index (χ1n) is 5.43. The molecule has 1 heterocycles. The highest BCUT2D eigenvalue weighted by Crippen LogP contribution is 2.24. The molecule has 0 aliphatic carbocycles. The number of hydrogen-bond acceptors (Lipinski definition) is 5. The first-order valence-corrected chi connectivity index (χ1v) is 6.87. The van der Waals surface area contributed by atoms with E-state index in [2.05, 4.69) is 9.84 Å². The third-order valence-corrected chi connectivity index (χ3v) is 4.01. The number of halogens is 2. The highest BCUT2D eigenvalue weighted by Gasteiger charge is 2.24. The van der Waals surface area contributed by atoms with E-state index in [1.165, 1.54) is 12.1 Å². The van der Waals surface area contributed by atoms with Crippen LogP contribution >= 0.6 is 0 Å². The van der Waals surface area contributed by atoms with Crippen LogP contribution in [0.2, 0.25) is 0 Å². The number of aryl methyl sites for hydroxylation is 1. The minimum Gasteiger partial charge on any atom is -0.416 e. The smallest absolute Gasteiger partial charge is 0.388 e. The van der Waals surface area contributed by atoms with Crippen molar-refractivity contribution in [1.82, 2.24) is 9.19 Å². The molecule has 1 aromatic heterocycles. The SMILES string of the molecule is Cc1ccc(S(=O)(=O)n2nc(N)cc2OC(F)F)cc1. The fourth-order valence-electron chi connectivity index (χ4n) is 1.52. The second kappa shape index (κ2) is 5.08. The molecule has 20 heavy (non-hydrogen) atoms. The number of alkyl halides is 2. The van der Waals surface area contributed by atoms with Gasteiger partial charge in [0.2, 0.25) is 5.88 Å². The average Bonchev–Trinajstić information content (AvgIpc) is 2.70. The van der Waals surface area contributed by atoms with E-state index in [-0.39, 0.29) is 10.7 Å². The summed E-state index contributed by atoms with van der Waals surface area (Å²) in [6, 6.07) is 6.75. The van der Waals surface area contributed by atoms with E-state index in [0.29, 0.717) is 4.09 Å². The Morgan fingerprint density at radius 2 is 1.90 bits per heavy atom. The number of hydrogen-bond donors (Lipinski definition) is 1. The highest BCUT2D eigenvalue weighted by atomic mass is 32.2. The first kappa shape index (κ1) is 14.3. The summed E-state index contributed by atoms with van der Waals surface area (Å²) in [6.07, 6.45) is 0. The van der Waals surface area contributed by atoms with Gasteiger partial charge in [-0.05, 0) is 19.1 Å². The number of anilines is 1. The minimum absolute atomic E-state index is 0.106. The molecule has 0 bridgehead atoms. The molecule has 0 spiro atoms. The number of nitrogen functional groups attached to an aromatic ring is 1. The Morgan fingerprint density at radius 1 is 1.30 bits per heavy atom. The third-order valence-electron chi connectivity index (χ3n) is 2.42. The zero-order chi connectivity index (χ0) is 14.9. The van der Waals surface area contributed by atoms with Gasteiger partial charge in [-0.3, -0.25) is 0 Å². The van der Waals surface area contributed by atoms with Crippen LogP contribution in [0.4, 0.5) is 14.6 Å². The molecule has 0 saturated carbocycles. The molecule has 0 unspecified atom stereocenters. The number of rotatable bonds is 4. The molecule has 9 heteroatoms. The monoisotopic (exact) mass is 303 g/mol. The Labute approximate surface area is 113 Å². The molecule has 2 aromatic rings. The molecule has 0 fully saturated rings. The normalized spacial score (nSPS) is 11.8. The van der Waals surface area contributed by atoms with E-state index < -0.39 is 22.5 Å². The quantitative estimate of drug-likeness (QED) is 0.927. The average molecular weight is 303 g/mol. The molecular weight excluding hydrogens is 292 g/mol. The fraction of sp³-hybridized carbons (Fsp3) is 0.182. The Hall–Kier alpha value is -2.16. The topological polar surface area (TPSA) is 87.2 Å². The van der Waals surface area contributed by atoms with Crippen LogP contribution < -0.4 is 10.5 Å². The van der Waals surface area contributed by atoms with Crippen molar-refractivity contribution in [3.8, 4) is 5.88 Å². The van der Waals surface area contributed by atoms with Crippen LogP contribution in [0.5, 0.6) is 5.88 Å². The summed E-state index contributed by atoms with van der Waals surface area (Å²) in [6.45, 7) is -1.40. The number of benzene rings is 1. The van der Waals surface area contributed by atoms with Crippen LogP contribution in [-0.2, 0) is 10.0 Å². The highest BCUT2D eigenvalue weighted by molar-refractivity contribution is 7.90. The molecular formula is C11H11F2N3O3S. The molecule has 0 atom stereocenters. The number of aromatic nitrogens is 2. The predicted octanol–water partition coefficient (Wildman–Crippen LogP) is 1.61. The van der Waals surface area contributed by atoms with Gasteiger partial charge in [0.25, 0.3) is 10.0 Å². The Morgan fingerprint density at radius 3 is 2.45 bits per heavy atom. The molecule has 0 aliphatic rings. The van der Waals surface area contributed by atoms with Gasteiger partial charge in [-0.1, -0.05) is 17.7 Å². The lowest BCUT2D eigenvalue weighted by molar-refractivity contribution is -0.0537. The van der Waals surface area contributed by atoms with Crippen molar-refractivity contribution in [2.24, 2.45) is 0 Å². The second-order valence-corrected chi connectivity index (χ2v) is 5.71. The number of nitrogens with zero attached hydrogens (tertiary/aromatic N) is 2. The summed E-state index contributed by atoms with van der Waals surface area (Å²) in [5, 5.41) is 3.48. The summed E-state index contributed by atoms with van der Waals surface area (Å²) in [5.41, 5.74) is 6.19. The molecule has 0 aliphatic heterocycles. The van der Waals surface area contributed by atoms with Gasteiger partial charge in [-0.2, -0.15) is 17.2 Å². The Bertz CT molecular complexity index is 711. The summed E-state index contributed by atoms with van der Waals surface area (Å²) in [5.74, 6) is -0.880. The number of ether oxygens (including phenoxy) is 1. The van der Waals surface area contributed by atoms with Crippen LogP contribution in [0.3, 0.4) is 0 Å². The van der Waals surface area contributed by atoms with Crippen molar-refractivity contribution < 1.29 is 21.9 Å². The van der Waals surface area contributed by atoms with Gasteiger partial charge >= 0.3 is 6.61 Å². The zero-order valence-corrected chi connectivity index (χ0v) is 11.1. The van der Waals surface area contributed by atoms with Gasteiger partial charge in [0, 0.05) is 6.07 Å². The largest absolute Gasteiger partial charge is 0.416 e. The van der Waals surface area contributed by atoms with E-state index in [1.807, 2.05) is 0 Å². The van der Waals surface area contributed by atoms with E-state index in [1.54, 1.807) is 19.1 Å². The van der Waals surface area contributed by atoms with Crippen LogP contribution in [0.25, 0.3) is 0 Å². The maximum absolute atomic E-state index is 12.3. The van der Waals surface area contributed by atoms with Crippen LogP contribution in [0.15, 0.2) is 35.2 Å². The maximum atomic E-state index is 12.3. The third kappa shape index (κ3) is 2.72. The zero-order valence-electron chi connectivity index (χ0n) is 10.3. The van der Waals surface area contributed by atoms with Gasteiger partial charge in [0.1, 0.15) is 0 Å². The van der Waals surface area contributed by atoms with Gasteiger partial charge in [-0.25, -0.2) is 0 Å². The fourth-order valence-corrected chi connectivity index (χ4v) is 2.73. The van der Waals surface area contributed by atoms with E-state index in [0.717, 1.165) is 11.6 Å². The van der Waals surface area contributed by atoms with E-state index in [9.17, 15) is 17.2 Å². The lowest BCUT2D eigenvalue weighted by Gasteiger charge is -2.09. The summed E-state index contributed by atoms with van der Waals surface area (Å²) in [4.78, 5) is -0.106. The molecule has 2 N–H and O–H groups in total. The van der Waals surface area contributed by atoms with Gasteiger partial charge in [0.15, 0.2) is 5.82 Å². The standard InChI is InChI=1S/C11H11F2N3O3S/c1-7-2-4-8(5-3-7)20(17,18)16-10(19-11(12)13)6-9(14)15-16/h2-6,11H,1H3,(H2,14,15). The van der Waals surface area contributed by atoms with Crippen molar-refractivity contribution in [3.05, 3.63) is 35.9 Å². The summed E-state index contributed by atoms with van der Waals surface area (Å²) in [7, 11) is -4.14. The lowest BCUT2D eigenvalue weighted by atomic mass is 10.2.